The van der Waals surface area contributed by atoms with E-state index in [1.807, 2.05) is 0 Å². The van der Waals surface area contributed by atoms with Crippen molar-refractivity contribution in [3.8, 4) is 0 Å². The van der Waals surface area contributed by atoms with E-state index in [0.717, 1.165) is 12.8 Å². The first-order valence-electron chi connectivity index (χ1n) is 4.56. The van der Waals surface area contributed by atoms with Crippen molar-refractivity contribution in [2.24, 2.45) is 0 Å². The molecule has 0 amide bonds. The maximum absolute atomic E-state index is 10.7. The molecule has 0 aliphatic heterocycles. The lowest BCUT2D eigenvalue weighted by atomic mass is 10.3. The van der Waals surface area contributed by atoms with Crippen LogP contribution in [0.3, 0.4) is 0 Å². The fourth-order valence-electron chi connectivity index (χ4n) is 0.883. The Morgan fingerprint density at radius 2 is 2.15 bits per heavy atom. The minimum atomic E-state index is -0.832. The summed E-state index contributed by atoms with van der Waals surface area (Å²) in [5.74, 6) is -0.832. The summed E-state index contributed by atoms with van der Waals surface area (Å²) in [6.45, 7) is 2.99. The normalized spacial score (nSPS) is 13.2. The molecule has 0 aliphatic carbocycles. The second-order valence-corrected chi connectivity index (χ2v) is 3.25. The Bertz CT molecular complexity index is 148. The summed E-state index contributed by atoms with van der Waals surface area (Å²) in [4.78, 5) is 12.3. The molecule has 0 rings (SSSR count). The third kappa shape index (κ3) is 5.60. The first kappa shape index (κ1) is 12.4. The lowest BCUT2D eigenvalue weighted by molar-refractivity contribution is -0.144. The van der Waals surface area contributed by atoms with E-state index < -0.39 is 12.0 Å². The van der Waals surface area contributed by atoms with Crippen LogP contribution in [0.5, 0.6) is 0 Å². The van der Waals surface area contributed by atoms with E-state index in [9.17, 15) is 4.79 Å². The summed E-state index contributed by atoms with van der Waals surface area (Å²) in [7, 11) is 3.48. The molecule has 0 heterocycles. The van der Waals surface area contributed by atoms with Gasteiger partial charge in [0.25, 0.3) is 0 Å². The zero-order chi connectivity index (χ0) is 10.3. The zero-order valence-corrected chi connectivity index (χ0v) is 8.62. The molecule has 0 aromatic carbocycles. The van der Waals surface area contributed by atoms with Gasteiger partial charge in [-0.15, -0.1) is 0 Å². The number of hydrogen-bond acceptors (Lipinski definition) is 3. The van der Waals surface area contributed by atoms with E-state index >= 15 is 0 Å². The standard InChI is InChI=1S/C9H19NO3/c1-4-5-6-13-7-8(9(11)12)10(2)3/h8H,4-7H2,1-3H3,(H,11,12). The van der Waals surface area contributed by atoms with Gasteiger partial charge in [-0.25, -0.2) is 0 Å². The topological polar surface area (TPSA) is 49.8 Å². The number of rotatable bonds is 7. The van der Waals surface area contributed by atoms with Crippen LogP contribution in [0.15, 0.2) is 0 Å². The molecule has 0 spiro atoms. The summed E-state index contributed by atoms with van der Waals surface area (Å²) >= 11 is 0. The van der Waals surface area contributed by atoms with Crippen molar-refractivity contribution in [3.63, 3.8) is 0 Å². The number of hydrogen-bond donors (Lipinski definition) is 1. The molecule has 0 fully saturated rings. The van der Waals surface area contributed by atoms with Crippen LogP contribution in [0.4, 0.5) is 0 Å². The quantitative estimate of drug-likeness (QED) is 0.602. The van der Waals surface area contributed by atoms with Gasteiger partial charge in [0.15, 0.2) is 0 Å². The van der Waals surface area contributed by atoms with E-state index in [4.69, 9.17) is 9.84 Å². The second kappa shape index (κ2) is 6.86. The lowest BCUT2D eigenvalue weighted by Crippen LogP contribution is -2.39. The first-order valence-corrected chi connectivity index (χ1v) is 4.56. The average Bonchev–Trinajstić information content (AvgIpc) is 2.02. The third-order valence-corrected chi connectivity index (χ3v) is 1.83. The van der Waals surface area contributed by atoms with Gasteiger partial charge in [-0.2, -0.15) is 0 Å². The molecular weight excluding hydrogens is 170 g/mol. The molecule has 0 saturated carbocycles. The summed E-state index contributed by atoms with van der Waals surface area (Å²) < 4.78 is 5.24. The molecule has 4 nitrogen and oxygen atoms in total. The highest BCUT2D eigenvalue weighted by Gasteiger charge is 2.19. The Labute approximate surface area is 79.5 Å². The molecule has 78 valence electrons. The lowest BCUT2D eigenvalue weighted by Gasteiger charge is -2.19. The van der Waals surface area contributed by atoms with E-state index in [-0.39, 0.29) is 6.61 Å². The number of nitrogens with zero attached hydrogens (tertiary/aromatic N) is 1. The van der Waals surface area contributed by atoms with E-state index in [0.29, 0.717) is 6.61 Å². The van der Waals surface area contributed by atoms with Crippen molar-refractivity contribution in [2.45, 2.75) is 25.8 Å². The molecule has 1 N–H and O–H groups in total. The minimum absolute atomic E-state index is 0.266. The molecular formula is C9H19NO3. The fourth-order valence-corrected chi connectivity index (χ4v) is 0.883. The van der Waals surface area contributed by atoms with Gasteiger partial charge in [0, 0.05) is 6.61 Å². The van der Waals surface area contributed by atoms with E-state index in [1.54, 1.807) is 19.0 Å². The summed E-state index contributed by atoms with van der Waals surface area (Å²) in [5.41, 5.74) is 0. The van der Waals surface area contributed by atoms with E-state index in [1.165, 1.54) is 0 Å². The van der Waals surface area contributed by atoms with Gasteiger partial charge in [-0.1, -0.05) is 13.3 Å². The van der Waals surface area contributed by atoms with Gasteiger partial charge in [0.2, 0.25) is 0 Å². The number of carbonyl (C=O) groups is 1. The van der Waals surface area contributed by atoms with Crippen LogP contribution in [-0.4, -0.2) is 49.3 Å². The van der Waals surface area contributed by atoms with Gasteiger partial charge in [-0.3, -0.25) is 9.69 Å². The average molecular weight is 189 g/mol. The molecule has 0 aromatic heterocycles. The van der Waals surface area contributed by atoms with Crippen molar-refractivity contribution in [1.82, 2.24) is 4.90 Å². The van der Waals surface area contributed by atoms with Crippen LogP contribution in [-0.2, 0) is 9.53 Å². The van der Waals surface area contributed by atoms with Crippen LogP contribution >= 0.6 is 0 Å². The predicted molar refractivity (Wildman–Crippen MR) is 50.8 cm³/mol. The molecule has 0 bridgehead atoms. The molecule has 4 heteroatoms. The number of ether oxygens (including phenoxy) is 1. The minimum Gasteiger partial charge on any atom is -0.480 e. The van der Waals surface area contributed by atoms with Crippen molar-refractivity contribution in [2.75, 3.05) is 27.3 Å². The molecule has 1 atom stereocenters. The van der Waals surface area contributed by atoms with E-state index in [2.05, 4.69) is 6.92 Å². The fraction of sp³-hybridized carbons (Fsp3) is 0.889. The second-order valence-electron chi connectivity index (χ2n) is 3.25. The highest BCUT2D eigenvalue weighted by Crippen LogP contribution is 1.96. The highest BCUT2D eigenvalue weighted by molar-refractivity contribution is 5.73. The van der Waals surface area contributed by atoms with Gasteiger partial charge in [0.05, 0.1) is 6.61 Å². The van der Waals surface area contributed by atoms with Crippen molar-refractivity contribution < 1.29 is 14.6 Å². The summed E-state index contributed by atoms with van der Waals surface area (Å²) in [6.07, 6.45) is 2.06. The maximum atomic E-state index is 10.7. The smallest absolute Gasteiger partial charge is 0.323 e. The molecule has 0 saturated heterocycles. The largest absolute Gasteiger partial charge is 0.480 e. The van der Waals surface area contributed by atoms with Crippen LogP contribution in [0.2, 0.25) is 0 Å². The molecule has 1 unspecified atom stereocenters. The molecule has 13 heavy (non-hydrogen) atoms. The van der Waals surface area contributed by atoms with Crippen LogP contribution in [0.25, 0.3) is 0 Å². The third-order valence-electron chi connectivity index (χ3n) is 1.83. The summed E-state index contributed by atoms with van der Waals surface area (Å²) in [6, 6.07) is -0.531. The Balaban J connectivity index is 3.64. The van der Waals surface area contributed by atoms with Crippen LogP contribution < -0.4 is 0 Å². The Morgan fingerprint density at radius 3 is 2.54 bits per heavy atom. The number of carboxylic acid groups (broad SMARTS) is 1. The van der Waals surface area contributed by atoms with Gasteiger partial charge in [-0.05, 0) is 20.5 Å². The van der Waals surface area contributed by atoms with Crippen molar-refractivity contribution in [3.05, 3.63) is 0 Å². The monoisotopic (exact) mass is 189 g/mol. The summed E-state index contributed by atoms with van der Waals surface area (Å²) in [5, 5.41) is 8.78. The Morgan fingerprint density at radius 1 is 1.54 bits per heavy atom. The molecule has 0 aromatic rings. The number of unbranched alkanes of at least 4 members (excludes halogenated alkanes) is 1. The van der Waals surface area contributed by atoms with Gasteiger partial charge >= 0.3 is 5.97 Å². The maximum Gasteiger partial charge on any atom is 0.323 e. The van der Waals surface area contributed by atoms with Gasteiger partial charge < -0.3 is 9.84 Å². The highest BCUT2D eigenvalue weighted by atomic mass is 16.5. The number of carboxylic acids is 1. The SMILES string of the molecule is CCCCOCC(C(=O)O)N(C)C. The number of aliphatic carboxylic acids is 1. The van der Waals surface area contributed by atoms with Crippen molar-refractivity contribution >= 4 is 5.97 Å². The molecule has 0 aliphatic rings. The van der Waals surface area contributed by atoms with Crippen LogP contribution in [0.1, 0.15) is 19.8 Å². The predicted octanol–water partition coefficient (Wildman–Crippen LogP) is 0.818. The van der Waals surface area contributed by atoms with Gasteiger partial charge in [0.1, 0.15) is 6.04 Å². The van der Waals surface area contributed by atoms with Crippen LogP contribution in [0, 0.1) is 0 Å². The molecule has 0 radical (unpaired) electrons. The first-order chi connectivity index (χ1) is 6.09. The Kier molecular flexibility index (Phi) is 6.54. The number of likely N-dealkylation sites (N-methyl/N-ethyl adjacent to an activating group) is 1. The van der Waals surface area contributed by atoms with Crippen molar-refractivity contribution in [1.29, 1.82) is 0 Å². The zero-order valence-electron chi connectivity index (χ0n) is 8.62. The Hall–Kier alpha value is -0.610.